The molecule has 1 saturated heterocycles. The number of carbonyl (C=O) groups excluding carboxylic acids is 4. The minimum Gasteiger partial charge on any atom is -0.497 e. The van der Waals surface area contributed by atoms with Crippen LogP contribution in [0.1, 0.15) is 73.1 Å². The zero-order chi connectivity index (χ0) is 43.0. The van der Waals surface area contributed by atoms with Crippen molar-refractivity contribution in [2.45, 2.75) is 114 Å². The van der Waals surface area contributed by atoms with Gasteiger partial charge in [0.15, 0.2) is 5.13 Å². The molecule has 17 nitrogen and oxygen atoms in total. The smallest absolute Gasteiger partial charge is 0.408 e. The molecule has 324 valence electrons. The van der Waals surface area contributed by atoms with E-state index in [9.17, 15) is 27.6 Å². The Balaban J connectivity index is 1.23. The normalized spacial score (nSPS) is 25.6. The minimum atomic E-state index is -3.94. The van der Waals surface area contributed by atoms with Gasteiger partial charge in [-0.1, -0.05) is 12.2 Å². The van der Waals surface area contributed by atoms with Crippen LogP contribution >= 0.6 is 11.3 Å². The summed E-state index contributed by atoms with van der Waals surface area (Å²) in [5, 5.41) is 12.2. The molecule has 5 atom stereocenters. The van der Waals surface area contributed by atoms with Crippen molar-refractivity contribution < 1.29 is 46.5 Å². The molecule has 7 rings (SSSR count). The Morgan fingerprint density at radius 2 is 1.88 bits per heavy atom. The van der Waals surface area contributed by atoms with Gasteiger partial charge in [-0.15, -0.1) is 11.3 Å². The number of thiazole rings is 1. The fourth-order valence-electron chi connectivity index (χ4n) is 7.42. The molecule has 4 amide bonds. The number of nitrogens with zero attached hydrogens (tertiary/aromatic N) is 3. The molecule has 19 heteroatoms. The number of methoxy groups -OCH3 is 1. The van der Waals surface area contributed by atoms with E-state index < -0.39 is 74.3 Å². The van der Waals surface area contributed by atoms with Crippen LogP contribution in [0.25, 0.3) is 22.2 Å². The van der Waals surface area contributed by atoms with E-state index in [4.69, 9.17) is 28.9 Å². The summed E-state index contributed by atoms with van der Waals surface area (Å²) in [6, 6.07) is 5.22. The number of fused-ring (bicyclic) bond motifs is 3. The highest BCUT2D eigenvalue weighted by molar-refractivity contribution is 7.91. The van der Waals surface area contributed by atoms with Gasteiger partial charge < -0.3 is 39.8 Å². The highest BCUT2D eigenvalue weighted by Gasteiger charge is 2.62. The number of nitrogens with one attached hydrogen (secondary N) is 4. The van der Waals surface area contributed by atoms with E-state index in [0.29, 0.717) is 41.8 Å². The first kappa shape index (κ1) is 43.1. The lowest BCUT2D eigenvalue weighted by atomic mass is 10.1. The summed E-state index contributed by atoms with van der Waals surface area (Å²) in [6.07, 6.45) is 3.45. The second-order valence-corrected chi connectivity index (χ2v) is 19.8. The number of ether oxygens (including phenoxy) is 4. The fourth-order valence-corrected chi connectivity index (χ4v) is 9.64. The van der Waals surface area contributed by atoms with E-state index in [2.05, 4.69) is 20.7 Å². The van der Waals surface area contributed by atoms with Crippen molar-refractivity contribution in [2.24, 2.45) is 5.92 Å². The van der Waals surface area contributed by atoms with Gasteiger partial charge in [0, 0.05) is 35.8 Å². The number of aromatic nitrogens is 2. The summed E-state index contributed by atoms with van der Waals surface area (Å²) in [5.74, 6) is -1.74. The van der Waals surface area contributed by atoms with E-state index in [1.165, 1.54) is 16.2 Å². The van der Waals surface area contributed by atoms with Crippen molar-refractivity contribution >= 4 is 61.1 Å². The fraction of sp³-hybridized carbons (Fsp3) is 0.561. The SMILES string of the molecule is COc1ccc2c(O[C@@H]3C[C@H]4C(=O)N[C@]5(C(=O)NS(=O)(=O)C6CC6)C[C@H]5/C=C\COCCC[C@H](NC(=O)OC(C)(C)C)C(=O)N4C3)nc(-c3csc(NC(C)C)n3)cc2c1. The van der Waals surface area contributed by atoms with Crippen molar-refractivity contribution in [3.05, 3.63) is 41.8 Å². The number of pyridine rings is 1. The number of hydrogen-bond donors (Lipinski definition) is 4. The third kappa shape index (κ3) is 9.95. The van der Waals surface area contributed by atoms with E-state index in [1.807, 2.05) is 37.4 Å². The lowest BCUT2D eigenvalue weighted by molar-refractivity contribution is -0.141. The van der Waals surface area contributed by atoms with E-state index >= 15 is 0 Å². The van der Waals surface area contributed by atoms with Crippen molar-refractivity contribution in [1.29, 1.82) is 0 Å². The number of anilines is 1. The zero-order valence-corrected chi connectivity index (χ0v) is 36.2. The maximum absolute atomic E-state index is 14.7. The molecular formula is C41H53N7O10S2. The second kappa shape index (κ2) is 17.2. The van der Waals surface area contributed by atoms with Gasteiger partial charge in [0.2, 0.25) is 27.7 Å². The molecule has 1 aromatic carbocycles. The van der Waals surface area contributed by atoms with Crippen LogP contribution in [0.4, 0.5) is 9.93 Å². The van der Waals surface area contributed by atoms with Gasteiger partial charge in [-0.25, -0.2) is 23.2 Å². The van der Waals surface area contributed by atoms with Crippen LogP contribution in [-0.2, 0) is 33.9 Å². The largest absolute Gasteiger partial charge is 0.497 e. The van der Waals surface area contributed by atoms with Crippen LogP contribution in [0.3, 0.4) is 0 Å². The van der Waals surface area contributed by atoms with Gasteiger partial charge in [0.25, 0.3) is 5.91 Å². The van der Waals surface area contributed by atoms with Crippen LogP contribution < -0.4 is 30.1 Å². The van der Waals surface area contributed by atoms with Crippen LogP contribution in [0.5, 0.6) is 11.6 Å². The third-order valence-corrected chi connectivity index (χ3v) is 13.2. The standard InChI is InChI=1S/C41H53N7O10S2/c1-23(2)42-38-44-32(22-59-38)31-18-24-17-26(55-6)11-14-29(24)35(43-31)57-27-19-33-34(49)46-41(37(51)47-60(53,54)28-12-13-28)20-25(41)9-7-15-56-16-8-10-30(36(50)48(33)21-27)45-39(52)58-40(3,4)5/h7,9,11,14,17-18,22-23,25,27-28,30,33H,8,10,12-13,15-16,19-21H2,1-6H3,(H,42,44)(H,45,52)(H,46,49)(H,47,51)/b9-7-/t25-,27-,30+,33+,41-/m1/s1. The summed E-state index contributed by atoms with van der Waals surface area (Å²) in [4.78, 5) is 67.1. The molecule has 0 unspecified atom stereocenters. The average Bonchev–Trinajstić information content (AvgIpc) is 4.06. The third-order valence-electron chi connectivity index (χ3n) is 10.6. The summed E-state index contributed by atoms with van der Waals surface area (Å²) < 4.78 is 51.5. The predicted octanol–water partition coefficient (Wildman–Crippen LogP) is 4.28. The topological polar surface area (TPSA) is 216 Å². The Kier molecular flexibility index (Phi) is 12.3. The maximum Gasteiger partial charge on any atom is 0.408 e. The van der Waals surface area contributed by atoms with Crippen LogP contribution in [0.15, 0.2) is 41.8 Å². The summed E-state index contributed by atoms with van der Waals surface area (Å²) in [6.45, 7) is 9.52. The Labute approximate surface area is 353 Å². The molecule has 2 aliphatic carbocycles. The monoisotopic (exact) mass is 867 g/mol. The number of carbonyl (C=O) groups is 4. The molecule has 4 N–H and O–H groups in total. The number of alkyl carbamates (subject to hydrolysis) is 1. The quantitative estimate of drug-likeness (QED) is 0.210. The number of rotatable bonds is 10. The van der Waals surface area contributed by atoms with Gasteiger partial charge in [-0.3, -0.25) is 19.1 Å². The summed E-state index contributed by atoms with van der Waals surface area (Å²) in [5.41, 5.74) is -1.28. The molecule has 2 aliphatic heterocycles. The lowest BCUT2D eigenvalue weighted by Gasteiger charge is -2.30. The molecular weight excluding hydrogens is 815 g/mol. The minimum absolute atomic E-state index is 0.0128. The van der Waals surface area contributed by atoms with Gasteiger partial charge in [0.1, 0.15) is 40.8 Å². The highest BCUT2D eigenvalue weighted by atomic mass is 32.2. The molecule has 2 aromatic heterocycles. The van der Waals surface area contributed by atoms with Gasteiger partial charge in [-0.05, 0) is 96.4 Å². The van der Waals surface area contributed by atoms with E-state index in [-0.39, 0.29) is 50.9 Å². The van der Waals surface area contributed by atoms with Crippen LogP contribution in [-0.4, -0.2) is 115 Å². The van der Waals surface area contributed by atoms with Crippen molar-refractivity contribution in [2.75, 3.05) is 32.2 Å². The molecule has 60 heavy (non-hydrogen) atoms. The number of amides is 4. The molecule has 3 aromatic rings. The van der Waals surface area contributed by atoms with Gasteiger partial charge in [0.05, 0.1) is 31.2 Å². The average molecular weight is 868 g/mol. The molecule has 0 bridgehead atoms. The van der Waals surface area contributed by atoms with Gasteiger partial charge in [-0.2, -0.15) is 0 Å². The predicted molar refractivity (Wildman–Crippen MR) is 224 cm³/mol. The number of benzene rings is 1. The number of hydrogen-bond acceptors (Lipinski definition) is 14. The Bertz CT molecular complexity index is 2270. The molecule has 0 radical (unpaired) electrons. The Morgan fingerprint density at radius 3 is 2.60 bits per heavy atom. The van der Waals surface area contributed by atoms with Crippen LogP contribution in [0.2, 0.25) is 0 Å². The first-order valence-electron chi connectivity index (χ1n) is 20.2. The van der Waals surface area contributed by atoms with Crippen molar-refractivity contribution in [1.82, 2.24) is 30.2 Å². The molecule has 0 spiro atoms. The van der Waals surface area contributed by atoms with Gasteiger partial charge >= 0.3 is 6.09 Å². The summed E-state index contributed by atoms with van der Waals surface area (Å²) in [7, 11) is -2.37. The van der Waals surface area contributed by atoms with E-state index in [0.717, 1.165) is 10.5 Å². The molecule has 2 saturated carbocycles. The van der Waals surface area contributed by atoms with Crippen molar-refractivity contribution in [3.8, 4) is 23.0 Å². The lowest BCUT2D eigenvalue weighted by Crippen LogP contribution is -2.58. The molecule has 3 fully saturated rings. The maximum atomic E-state index is 14.7. The second-order valence-electron chi connectivity index (χ2n) is 17.0. The Morgan fingerprint density at radius 1 is 1.10 bits per heavy atom. The number of sulfonamides is 1. The first-order valence-corrected chi connectivity index (χ1v) is 22.7. The first-order chi connectivity index (χ1) is 28.4. The summed E-state index contributed by atoms with van der Waals surface area (Å²) >= 11 is 1.44. The Hall–Kier alpha value is -5.01. The van der Waals surface area contributed by atoms with E-state index in [1.54, 1.807) is 46.1 Å². The highest BCUT2D eigenvalue weighted by Crippen LogP contribution is 2.46. The van der Waals surface area contributed by atoms with Crippen molar-refractivity contribution in [3.63, 3.8) is 0 Å². The molecule has 4 heterocycles. The van der Waals surface area contributed by atoms with Crippen LogP contribution in [0, 0.1) is 5.92 Å². The molecule has 4 aliphatic rings. The zero-order valence-electron chi connectivity index (χ0n) is 34.6.